The van der Waals surface area contributed by atoms with Crippen LogP contribution in [0.4, 0.5) is 0 Å². The fourth-order valence-corrected chi connectivity index (χ4v) is 9.32. The lowest BCUT2D eigenvalue weighted by atomic mass is 9.43. The van der Waals surface area contributed by atoms with Crippen molar-refractivity contribution in [2.75, 3.05) is 0 Å². The Labute approximate surface area is 172 Å². The van der Waals surface area contributed by atoms with E-state index >= 15 is 0 Å². The highest BCUT2D eigenvalue weighted by atomic mass is 32.2. The number of ketones is 2. The number of rotatable bonds is 2. The zero-order chi connectivity index (χ0) is 20.5. The molecule has 0 heterocycles. The van der Waals surface area contributed by atoms with Gasteiger partial charge in [0, 0.05) is 36.3 Å². The van der Waals surface area contributed by atoms with Crippen LogP contribution in [0.1, 0.15) is 79.1 Å². The third-order valence-electron chi connectivity index (χ3n) is 9.45. The van der Waals surface area contributed by atoms with Crippen molar-refractivity contribution < 1.29 is 19.5 Å². The fourth-order valence-electron chi connectivity index (χ4n) is 8.06. The predicted octanol–water partition coefficient (Wildman–Crippen LogP) is 4.18. The molecule has 0 amide bonds. The van der Waals surface area contributed by atoms with E-state index in [-0.39, 0.29) is 39.3 Å². The molecule has 28 heavy (non-hydrogen) atoms. The van der Waals surface area contributed by atoms with E-state index in [1.807, 2.05) is 0 Å². The maximum atomic E-state index is 12.3. The van der Waals surface area contributed by atoms with E-state index < -0.39 is 5.60 Å². The second kappa shape index (κ2) is 6.66. The minimum atomic E-state index is -1.09. The highest BCUT2D eigenvalue weighted by molar-refractivity contribution is 8.14. The number of hydrogen-bond donors (Lipinski definition) is 1. The third-order valence-corrected chi connectivity index (χ3v) is 10.7. The van der Waals surface area contributed by atoms with Crippen molar-refractivity contribution >= 4 is 28.4 Å². The second-order valence-electron chi connectivity index (χ2n) is 10.6. The van der Waals surface area contributed by atoms with Crippen LogP contribution >= 0.6 is 11.8 Å². The maximum absolute atomic E-state index is 12.3. The molecule has 0 radical (unpaired) electrons. The molecule has 0 aromatic heterocycles. The molecule has 4 saturated carbocycles. The molecular weight excluding hydrogens is 372 g/mol. The van der Waals surface area contributed by atoms with Crippen LogP contribution in [-0.2, 0) is 14.4 Å². The minimum absolute atomic E-state index is 0.0175. The van der Waals surface area contributed by atoms with Gasteiger partial charge in [-0.25, -0.2) is 0 Å². The van der Waals surface area contributed by atoms with Crippen molar-refractivity contribution in [3.8, 4) is 0 Å². The summed E-state index contributed by atoms with van der Waals surface area (Å²) in [5, 5.41) is 11.7. The molecule has 0 aliphatic heterocycles. The van der Waals surface area contributed by atoms with Gasteiger partial charge in [0.2, 0.25) is 0 Å². The molecule has 4 nitrogen and oxygen atoms in total. The average molecular weight is 407 g/mol. The number of thioether (sulfide) groups is 1. The summed E-state index contributed by atoms with van der Waals surface area (Å²) < 4.78 is 0. The van der Waals surface area contributed by atoms with Crippen LogP contribution in [0.15, 0.2) is 0 Å². The Morgan fingerprint density at radius 2 is 1.79 bits per heavy atom. The molecule has 4 aliphatic rings. The number of carbonyl (C=O) groups excluding carboxylic acids is 3. The fraction of sp³-hybridized carbons (Fsp3) is 0.870. The first-order chi connectivity index (χ1) is 13.0. The summed E-state index contributed by atoms with van der Waals surface area (Å²) in [4.78, 5) is 36.7. The molecule has 0 aromatic rings. The Bertz CT molecular complexity index is 719. The molecule has 8 atom stereocenters. The molecule has 1 N–H and O–H groups in total. The monoisotopic (exact) mass is 406 g/mol. The van der Waals surface area contributed by atoms with E-state index in [4.69, 9.17) is 0 Å². The Morgan fingerprint density at radius 3 is 2.43 bits per heavy atom. The van der Waals surface area contributed by atoms with Crippen molar-refractivity contribution in [1.29, 1.82) is 0 Å². The van der Waals surface area contributed by atoms with Gasteiger partial charge in [-0.1, -0.05) is 25.6 Å². The molecule has 4 fully saturated rings. The largest absolute Gasteiger partial charge is 0.388 e. The van der Waals surface area contributed by atoms with E-state index in [1.165, 1.54) is 11.8 Å². The van der Waals surface area contributed by atoms with E-state index in [9.17, 15) is 19.5 Å². The van der Waals surface area contributed by atoms with E-state index in [1.54, 1.807) is 13.8 Å². The van der Waals surface area contributed by atoms with Gasteiger partial charge < -0.3 is 5.11 Å². The lowest BCUT2D eigenvalue weighted by Gasteiger charge is -2.65. The Hall–Kier alpha value is -0.680. The highest BCUT2D eigenvalue weighted by Gasteiger charge is 2.68. The first-order valence-electron chi connectivity index (χ1n) is 10.9. The van der Waals surface area contributed by atoms with Gasteiger partial charge in [0.05, 0.1) is 5.60 Å². The summed E-state index contributed by atoms with van der Waals surface area (Å²) in [5.41, 5.74) is -1.37. The van der Waals surface area contributed by atoms with Gasteiger partial charge in [-0.3, -0.25) is 14.4 Å². The summed E-state index contributed by atoms with van der Waals surface area (Å²) in [7, 11) is 0. The third kappa shape index (κ3) is 2.71. The van der Waals surface area contributed by atoms with Crippen LogP contribution in [0, 0.1) is 34.5 Å². The standard InChI is InChI=1S/C23H34O4S/c1-13(24)17-5-6-18-16-11-20(28-14(2)25)23(27)12-15(26)7-10-22(23,4)19(16)8-9-21(17,18)3/h16-20,27H,5-12H2,1-4H3/t16-,17+,18-,19-,20+,21+,22+,23-/m0/s1. The van der Waals surface area contributed by atoms with E-state index in [0.29, 0.717) is 30.0 Å². The van der Waals surface area contributed by atoms with Gasteiger partial charge in [0.1, 0.15) is 11.6 Å². The molecular formula is C23H34O4S. The van der Waals surface area contributed by atoms with Gasteiger partial charge in [-0.2, -0.15) is 0 Å². The summed E-state index contributed by atoms with van der Waals surface area (Å²) in [6.45, 7) is 7.80. The summed E-state index contributed by atoms with van der Waals surface area (Å²) in [5.74, 6) is 1.88. The van der Waals surface area contributed by atoms with Gasteiger partial charge in [-0.15, -0.1) is 0 Å². The molecule has 0 spiro atoms. The van der Waals surface area contributed by atoms with Crippen molar-refractivity contribution in [2.45, 2.75) is 89.9 Å². The van der Waals surface area contributed by atoms with Crippen molar-refractivity contribution in [3.05, 3.63) is 0 Å². The van der Waals surface area contributed by atoms with Gasteiger partial charge in [0.25, 0.3) is 0 Å². The average Bonchev–Trinajstić information content (AvgIpc) is 2.94. The van der Waals surface area contributed by atoms with Crippen molar-refractivity contribution in [2.24, 2.45) is 34.5 Å². The van der Waals surface area contributed by atoms with Crippen LogP contribution in [0.2, 0.25) is 0 Å². The quantitative estimate of drug-likeness (QED) is 0.745. The Balaban J connectivity index is 1.74. The topological polar surface area (TPSA) is 71.4 Å². The molecule has 0 unspecified atom stereocenters. The van der Waals surface area contributed by atoms with Gasteiger partial charge >= 0.3 is 0 Å². The van der Waals surface area contributed by atoms with Gasteiger partial charge in [-0.05, 0) is 68.6 Å². The summed E-state index contributed by atoms with van der Waals surface area (Å²) in [6, 6.07) is 0. The molecule has 0 aromatic carbocycles. The molecule has 4 rings (SSSR count). The van der Waals surface area contributed by atoms with E-state index in [0.717, 1.165) is 38.5 Å². The van der Waals surface area contributed by atoms with Crippen molar-refractivity contribution in [3.63, 3.8) is 0 Å². The number of fused-ring (bicyclic) bond motifs is 5. The predicted molar refractivity (Wildman–Crippen MR) is 110 cm³/mol. The number of carbonyl (C=O) groups is 3. The lowest BCUT2D eigenvalue weighted by Crippen LogP contribution is -2.67. The normalized spacial score (nSPS) is 50.5. The molecule has 156 valence electrons. The van der Waals surface area contributed by atoms with Crippen LogP contribution in [0.3, 0.4) is 0 Å². The smallest absolute Gasteiger partial charge is 0.186 e. The number of hydrogen-bond acceptors (Lipinski definition) is 5. The zero-order valence-electron chi connectivity index (χ0n) is 17.6. The molecule has 4 aliphatic carbocycles. The Morgan fingerprint density at radius 1 is 1.07 bits per heavy atom. The lowest BCUT2D eigenvalue weighted by molar-refractivity contribution is -0.200. The first-order valence-corrected chi connectivity index (χ1v) is 11.8. The summed E-state index contributed by atoms with van der Waals surface area (Å²) >= 11 is 1.25. The minimum Gasteiger partial charge on any atom is -0.388 e. The van der Waals surface area contributed by atoms with Gasteiger partial charge in [0.15, 0.2) is 5.12 Å². The first kappa shape index (κ1) is 20.6. The number of Topliss-reactive ketones (excluding diaryl/α,β-unsaturated/α-hetero) is 2. The SMILES string of the molecule is CC(=O)S[C@@H]1C[C@H]2[C@@H]3CC[C@H](C(C)=O)[C@@]3(C)CC[C@@H]2[C@@]2(C)CCC(=O)C[C@]12O. The molecule has 5 heteroatoms. The highest BCUT2D eigenvalue weighted by Crippen LogP contribution is 2.69. The van der Waals surface area contributed by atoms with Crippen LogP contribution in [0.5, 0.6) is 0 Å². The Kier molecular flexibility index (Phi) is 4.90. The van der Waals surface area contributed by atoms with E-state index in [2.05, 4.69) is 13.8 Å². The zero-order valence-corrected chi connectivity index (χ0v) is 18.4. The van der Waals surface area contributed by atoms with Crippen LogP contribution in [-0.4, -0.2) is 32.6 Å². The molecule has 0 saturated heterocycles. The molecule has 0 bridgehead atoms. The summed E-state index contributed by atoms with van der Waals surface area (Å²) in [6.07, 6.45) is 6.35. The second-order valence-corrected chi connectivity index (χ2v) is 11.9. The number of aliphatic hydroxyl groups is 1. The van der Waals surface area contributed by atoms with Crippen molar-refractivity contribution in [1.82, 2.24) is 0 Å². The van der Waals surface area contributed by atoms with Crippen LogP contribution < -0.4 is 0 Å². The van der Waals surface area contributed by atoms with Crippen LogP contribution in [0.25, 0.3) is 0 Å². The maximum Gasteiger partial charge on any atom is 0.186 e.